The Morgan fingerprint density at radius 2 is 1.33 bits per heavy atom. The van der Waals surface area contributed by atoms with Crippen molar-refractivity contribution in [2.75, 3.05) is 0 Å². The number of carbonyl (C=O) groups excluding carboxylic acids is 3. The van der Waals surface area contributed by atoms with E-state index in [1.54, 1.807) is 6.92 Å². The molecule has 0 heterocycles. The fourth-order valence-corrected chi connectivity index (χ4v) is 2.48. The molecule has 1 fully saturated rings. The van der Waals surface area contributed by atoms with Gasteiger partial charge in [-0.25, -0.2) is 0 Å². The minimum Gasteiger partial charge on any atom is -0.300 e. The lowest BCUT2D eigenvalue weighted by molar-refractivity contribution is -0.135. The summed E-state index contributed by atoms with van der Waals surface area (Å²) in [6.45, 7) is 4.62. The van der Waals surface area contributed by atoms with Gasteiger partial charge in [0.1, 0.15) is 17.3 Å². The third-order valence-electron chi connectivity index (χ3n) is 3.47. The zero-order valence-electron chi connectivity index (χ0n) is 9.58. The summed E-state index contributed by atoms with van der Waals surface area (Å²) in [5.41, 5.74) is 0. The Bertz CT molecular complexity index is 293. The van der Waals surface area contributed by atoms with Crippen molar-refractivity contribution in [2.24, 2.45) is 17.8 Å². The fraction of sp³-hybridized carbons (Fsp3) is 0.750. The largest absolute Gasteiger partial charge is 0.300 e. The van der Waals surface area contributed by atoms with E-state index in [0.717, 1.165) is 6.42 Å². The van der Waals surface area contributed by atoms with Crippen molar-refractivity contribution < 1.29 is 14.4 Å². The molecule has 1 aliphatic carbocycles. The van der Waals surface area contributed by atoms with Crippen LogP contribution in [0, 0.1) is 17.8 Å². The first kappa shape index (κ1) is 12.1. The number of rotatable bonds is 3. The Kier molecular flexibility index (Phi) is 3.77. The predicted octanol–water partition coefficient (Wildman–Crippen LogP) is 1.79. The van der Waals surface area contributed by atoms with Gasteiger partial charge in [-0.2, -0.15) is 0 Å². The van der Waals surface area contributed by atoms with Crippen molar-refractivity contribution in [3.8, 4) is 0 Å². The molecule has 0 aliphatic heterocycles. The molecule has 84 valence electrons. The van der Waals surface area contributed by atoms with E-state index in [1.165, 1.54) is 13.8 Å². The number of carbonyl (C=O) groups is 3. The molecule has 3 heteroatoms. The van der Waals surface area contributed by atoms with E-state index in [2.05, 4.69) is 0 Å². The van der Waals surface area contributed by atoms with Gasteiger partial charge in [-0.15, -0.1) is 0 Å². The summed E-state index contributed by atoms with van der Waals surface area (Å²) in [5, 5.41) is 0. The highest BCUT2D eigenvalue weighted by molar-refractivity contribution is 5.89. The van der Waals surface area contributed by atoms with Crippen molar-refractivity contribution in [1.82, 2.24) is 0 Å². The molecule has 15 heavy (non-hydrogen) atoms. The van der Waals surface area contributed by atoms with Crippen LogP contribution in [-0.2, 0) is 14.4 Å². The number of hydrogen-bond acceptors (Lipinski definition) is 3. The van der Waals surface area contributed by atoms with Gasteiger partial charge >= 0.3 is 0 Å². The molecule has 3 nitrogen and oxygen atoms in total. The SMILES string of the molecule is CC(=O)C1CCC(C(C)=O)C(C(C)=O)C1. The molecule has 1 saturated carbocycles. The highest BCUT2D eigenvalue weighted by atomic mass is 16.1. The molecule has 0 aromatic heterocycles. The second kappa shape index (κ2) is 4.69. The maximum absolute atomic E-state index is 11.4. The Hall–Kier alpha value is -0.990. The highest BCUT2D eigenvalue weighted by Gasteiger charge is 2.37. The first-order chi connectivity index (χ1) is 6.93. The standard InChI is InChI=1S/C12H18O3/c1-7(13)10-4-5-11(8(2)14)12(6-10)9(3)15/h10-12H,4-6H2,1-3H3. The molecule has 1 rings (SSSR count). The minimum absolute atomic E-state index is 0.0190. The average molecular weight is 210 g/mol. The third kappa shape index (κ3) is 2.74. The number of Topliss-reactive ketones (excluding diaryl/α,β-unsaturated/α-hetero) is 3. The molecule has 0 amide bonds. The lowest BCUT2D eigenvalue weighted by Crippen LogP contribution is -2.35. The smallest absolute Gasteiger partial charge is 0.133 e. The van der Waals surface area contributed by atoms with Crippen LogP contribution in [-0.4, -0.2) is 17.3 Å². The van der Waals surface area contributed by atoms with Crippen molar-refractivity contribution in [3.05, 3.63) is 0 Å². The summed E-state index contributed by atoms with van der Waals surface area (Å²) in [7, 11) is 0. The van der Waals surface area contributed by atoms with Crippen LogP contribution in [0.2, 0.25) is 0 Å². The summed E-state index contributed by atoms with van der Waals surface area (Å²) < 4.78 is 0. The van der Waals surface area contributed by atoms with Gasteiger partial charge < -0.3 is 0 Å². The molecular formula is C12H18O3. The molecule has 0 saturated heterocycles. The minimum atomic E-state index is -0.231. The Balaban J connectivity index is 2.78. The lowest BCUT2D eigenvalue weighted by Gasteiger charge is -2.32. The van der Waals surface area contributed by atoms with Crippen molar-refractivity contribution in [3.63, 3.8) is 0 Å². The summed E-state index contributed by atoms with van der Waals surface area (Å²) in [4.78, 5) is 34.0. The molecule has 0 radical (unpaired) electrons. The predicted molar refractivity (Wildman–Crippen MR) is 56.4 cm³/mol. The van der Waals surface area contributed by atoms with Gasteiger partial charge in [0.15, 0.2) is 0 Å². The summed E-state index contributed by atoms with van der Waals surface area (Å²) in [6.07, 6.45) is 2.00. The molecule has 0 bridgehead atoms. The van der Waals surface area contributed by atoms with Crippen molar-refractivity contribution >= 4 is 17.3 Å². The topological polar surface area (TPSA) is 51.2 Å². The number of hydrogen-bond donors (Lipinski definition) is 0. The van der Waals surface area contributed by atoms with Crippen LogP contribution in [0.3, 0.4) is 0 Å². The Morgan fingerprint density at radius 1 is 0.800 bits per heavy atom. The molecule has 0 aromatic carbocycles. The Labute approximate surface area is 90.2 Å². The summed E-state index contributed by atoms with van der Waals surface area (Å²) in [6, 6.07) is 0. The highest BCUT2D eigenvalue weighted by Crippen LogP contribution is 2.35. The van der Waals surface area contributed by atoms with Crippen molar-refractivity contribution in [1.29, 1.82) is 0 Å². The zero-order valence-corrected chi connectivity index (χ0v) is 9.58. The molecule has 3 atom stereocenters. The second-order valence-electron chi connectivity index (χ2n) is 4.55. The monoisotopic (exact) mass is 210 g/mol. The van der Waals surface area contributed by atoms with Gasteiger partial charge in [0.2, 0.25) is 0 Å². The van der Waals surface area contributed by atoms with E-state index >= 15 is 0 Å². The quantitative estimate of drug-likeness (QED) is 0.713. The van der Waals surface area contributed by atoms with Crippen LogP contribution in [0.1, 0.15) is 40.0 Å². The van der Waals surface area contributed by atoms with E-state index in [-0.39, 0.29) is 35.1 Å². The number of ketones is 3. The zero-order chi connectivity index (χ0) is 11.6. The maximum atomic E-state index is 11.4. The second-order valence-corrected chi connectivity index (χ2v) is 4.55. The van der Waals surface area contributed by atoms with Crippen molar-refractivity contribution in [2.45, 2.75) is 40.0 Å². The van der Waals surface area contributed by atoms with Crippen LogP contribution in [0.4, 0.5) is 0 Å². The van der Waals surface area contributed by atoms with Crippen LogP contribution < -0.4 is 0 Å². The van der Waals surface area contributed by atoms with Gasteiger partial charge in [0.25, 0.3) is 0 Å². The van der Waals surface area contributed by atoms with Gasteiger partial charge in [-0.1, -0.05) is 0 Å². The van der Waals surface area contributed by atoms with Gasteiger partial charge in [-0.05, 0) is 40.0 Å². The van der Waals surface area contributed by atoms with Crippen LogP contribution >= 0.6 is 0 Å². The normalized spacial score (nSPS) is 31.0. The molecular weight excluding hydrogens is 192 g/mol. The van der Waals surface area contributed by atoms with E-state index in [9.17, 15) is 14.4 Å². The van der Waals surface area contributed by atoms with E-state index in [1.807, 2.05) is 0 Å². The summed E-state index contributed by atoms with van der Waals surface area (Å²) >= 11 is 0. The molecule has 3 unspecified atom stereocenters. The molecule has 0 N–H and O–H groups in total. The molecule has 0 aromatic rings. The van der Waals surface area contributed by atoms with Crippen LogP contribution in [0.15, 0.2) is 0 Å². The van der Waals surface area contributed by atoms with Gasteiger partial charge in [0.05, 0.1) is 0 Å². The maximum Gasteiger partial charge on any atom is 0.133 e. The van der Waals surface area contributed by atoms with E-state index in [0.29, 0.717) is 12.8 Å². The van der Waals surface area contributed by atoms with E-state index in [4.69, 9.17) is 0 Å². The van der Waals surface area contributed by atoms with Crippen LogP contribution in [0.25, 0.3) is 0 Å². The third-order valence-corrected chi connectivity index (χ3v) is 3.47. The average Bonchev–Trinajstić information content (AvgIpc) is 2.16. The van der Waals surface area contributed by atoms with Gasteiger partial charge in [-0.3, -0.25) is 14.4 Å². The lowest BCUT2D eigenvalue weighted by atomic mass is 9.70. The van der Waals surface area contributed by atoms with Crippen LogP contribution in [0.5, 0.6) is 0 Å². The Morgan fingerprint density at radius 3 is 1.73 bits per heavy atom. The van der Waals surface area contributed by atoms with E-state index < -0.39 is 0 Å². The molecule has 1 aliphatic rings. The first-order valence-electron chi connectivity index (χ1n) is 5.44. The van der Waals surface area contributed by atoms with Gasteiger partial charge in [0, 0.05) is 17.8 Å². The molecule has 0 spiro atoms. The fourth-order valence-electron chi connectivity index (χ4n) is 2.48. The first-order valence-corrected chi connectivity index (χ1v) is 5.44. The summed E-state index contributed by atoms with van der Waals surface area (Å²) in [5.74, 6) is -0.139.